The van der Waals surface area contributed by atoms with Gasteiger partial charge in [0.2, 0.25) is 0 Å². The first-order valence-corrected chi connectivity index (χ1v) is 7.79. The lowest BCUT2D eigenvalue weighted by Crippen LogP contribution is -2.18. The van der Waals surface area contributed by atoms with Gasteiger partial charge in [-0.2, -0.15) is 0 Å². The van der Waals surface area contributed by atoms with E-state index in [1.165, 1.54) is 0 Å². The number of rotatable bonds is 9. The van der Waals surface area contributed by atoms with Crippen molar-refractivity contribution in [3.8, 4) is 11.5 Å². The summed E-state index contributed by atoms with van der Waals surface area (Å²) in [6.07, 6.45) is 3.04. The van der Waals surface area contributed by atoms with Crippen LogP contribution in [0.5, 0.6) is 11.5 Å². The molecule has 0 fully saturated rings. The molecule has 0 aliphatic rings. The fourth-order valence-corrected chi connectivity index (χ4v) is 1.97. The van der Waals surface area contributed by atoms with Gasteiger partial charge < -0.3 is 15.2 Å². The zero-order chi connectivity index (χ0) is 15.0. The zero-order valence-corrected chi connectivity index (χ0v) is 13.3. The first-order chi connectivity index (χ1) is 9.63. The molecular formula is C17H29NO2. The van der Waals surface area contributed by atoms with Crippen LogP contribution < -0.4 is 15.2 Å². The number of nitrogens with two attached hydrogens (primary N) is 1. The Morgan fingerprint density at radius 3 is 2.15 bits per heavy atom. The average Bonchev–Trinajstić information content (AvgIpc) is 2.49. The van der Waals surface area contributed by atoms with Crippen molar-refractivity contribution in [1.29, 1.82) is 0 Å². The normalized spacial score (nSPS) is 13.8. The number of hydrogen-bond donors (Lipinski definition) is 1. The second-order valence-electron chi connectivity index (χ2n) is 5.31. The maximum Gasteiger partial charge on any atom is 0.161 e. The number of hydrogen-bond acceptors (Lipinski definition) is 3. The molecule has 20 heavy (non-hydrogen) atoms. The predicted molar refractivity (Wildman–Crippen MR) is 84.4 cm³/mol. The smallest absolute Gasteiger partial charge is 0.161 e. The highest BCUT2D eigenvalue weighted by Gasteiger charge is 2.16. The summed E-state index contributed by atoms with van der Waals surface area (Å²) >= 11 is 0. The van der Waals surface area contributed by atoms with E-state index in [1.54, 1.807) is 0 Å². The largest absolute Gasteiger partial charge is 0.490 e. The van der Waals surface area contributed by atoms with E-state index in [0.717, 1.165) is 36.3 Å². The van der Waals surface area contributed by atoms with Gasteiger partial charge in [0, 0.05) is 6.04 Å². The third-order valence-corrected chi connectivity index (χ3v) is 3.53. The molecule has 3 nitrogen and oxygen atoms in total. The second kappa shape index (κ2) is 8.85. The molecule has 0 radical (unpaired) electrons. The van der Waals surface area contributed by atoms with Crippen LogP contribution in [0.4, 0.5) is 0 Å². The lowest BCUT2D eigenvalue weighted by atomic mass is 9.93. The minimum absolute atomic E-state index is 0.0456. The van der Waals surface area contributed by atoms with E-state index in [9.17, 15) is 0 Å². The molecule has 0 spiro atoms. The summed E-state index contributed by atoms with van der Waals surface area (Å²) in [5, 5.41) is 0. The molecule has 3 heteroatoms. The molecular weight excluding hydrogens is 250 g/mol. The zero-order valence-electron chi connectivity index (χ0n) is 13.3. The van der Waals surface area contributed by atoms with Gasteiger partial charge in [0.1, 0.15) is 0 Å². The summed E-state index contributed by atoms with van der Waals surface area (Å²) < 4.78 is 11.5. The van der Waals surface area contributed by atoms with Crippen LogP contribution in [-0.2, 0) is 0 Å². The van der Waals surface area contributed by atoms with E-state index < -0.39 is 0 Å². The standard InChI is InChI=1S/C17H29NO2/c1-5-10-19-15-9-8-14(17(18)13(4)7-3)12-16(15)20-11-6-2/h8-9,12-13,17H,5-7,10-11,18H2,1-4H3. The molecule has 2 atom stereocenters. The molecule has 2 unspecified atom stereocenters. The molecule has 2 N–H and O–H groups in total. The molecule has 0 aliphatic heterocycles. The fourth-order valence-electron chi connectivity index (χ4n) is 1.97. The van der Waals surface area contributed by atoms with Crippen molar-refractivity contribution in [2.75, 3.05) is 13.2 Å². The van der Waals surface area contributed by atoms with Crippen LogP contribution in [0.25, 0.3) is 0 Å². The Morgan fingerprint density at radius 2 is 1.60 bits per heavy atom. The minimum Gasteiger partial charge on any atom is -0.490 e. The fraction of sp³-hybridized carbons (Fsp3) is 0.647. The van der Waals surface area contributed by atoms with Crippen LogP contribution in [0.15, 0.2) is 18.2 Å². The van der Waals surface area contributed by atoms with Crippen LogP contribution in [0.2, 0.25) is 0 Å². The number of ether oxygens (including phenoxy) is 2. The highest BCUT2D eigenvalue weighted by atomic mass is 16.5. The summed E-state index contributed by atoms with van der Waals surface area (Å²) in [5.41, 5.74) is 7.42. The maximum absolute atomic E-state index is 6.30. The Morgan fingerprint density at radius 1 is 1.00 bits per heavy atom. The summed E-state index contributed by atoms with van der Waals surface area (Å²) in [7, 11) is 0. The SMILES string of the molecule is CCCOc1ccc(C(N)C(C)CC)cc1OCCC. The predicted octanol–water partition coefficient (Wildman–Crippen LogP) is 4.31. The third kappa shape index (κ3) is 4.71. The van der Waals surface area contributed by atoms with Crippen LogP contribution in [0.3, 0.4) is 0 Å². The Kier molecular flexibility index (Phi) is 7.45. The van der Waals surface area contributed by atoms with E-state index in [0.29, 0.717) is 19.1 Å². The Balaban J connectivity index is 2.93. The topological polar surface area (TPSA) is 44.5 Å². The summed E-state index contributed by atoms with van der Waals surface area (Å²) in [4.78, 5) is 0. The molecule has 0 saturated heterocycles. The van der Waals surface area contributed by atoms with Crippen LogP contribution in [0.1, 0.15) is 58.6 Å². The second-order valence-corrected chi connectivity index (χ2v) is 5.31. The molecule has 1 rings (SSSR count). The third-order valence-electron chi connectivity index (χ3n) is 3.53. The lowest BCUT2D eigenvalue weighted by molar-refractivity contribution is 0.267. The highest BCUT2D eigenvalue weighted by Crippen LogP contribution is 2.32. The van der Waals surface area contributed by atoms with Crippen molar-refractivity contribution in [3.63, 3.8) is 0 Å². The van der Waals surface area contributed by atoms with Crippen molar-refractivity contribution in [2.45, 2.75) is 53.0 Å². The van der Waals surface area contributed by atoms with E-state index in [2.05, 4.69) is 33.8 Å². The molecule has 0 heterocycles. The number of benzene rings is 1. The van der Waals surface area contributed by atoms with Crippen LogP contribution >= 0.6 is 0 Å². The first kappa shape index (κ1) is 16.8. The van der Waals surface area contributed by atoms with Crippen LogP contribution in [0, 0.1) is 5.92 Å². The van der Waals surface area contributed by atoms with Crippen molar-refractivity contribution in [3.05, 3.63) is 23.8 Å². The van der Waals surface area contributed by atoms with Gasteiger partial charge in [-0.15, -0.1) is 0 Å². The van der Waals surface area contributed by atoms with Gasteiger partial charge in [-0.25, -0.2) is 0 Å². The minimum atomic E-state index is 0.0456. The molecule has 114 valence electrons. The van der Waals surface area contributed by atoms with Gasteiger partial charge in [-0.05, 0) is 36.5 Å². The average molecular weight is 279 g/mol. The molecule has 1 aromatic carbocycles. The molecule has 0 aromatic heterocycles. The van der Waals surface area contributed by atoms with E-state index in [4.69, 9.17) is 15.2 Å². The van der Waals surface area contributed by atoms with Crippen molar-refractivity contribution >= 4 is 0 Å². The molecule has 1 aromatic rings. The Labute approximate surface area is 123 Å². The maximum atomic E-state index is 6.30. The van der Waals surface area contributed by atoms with E-state index >= 15 is 0 Å². The lowest BCUT2D eigenvalue weighted by Gasteiger charge is -2.20. The van der Waals surface area contributed by atoms with Gasteiger partial charge >= 0.3 is 0 Å². The molecule has 0 amide bonds. The highest BCUT2D eigenvalue weighted by molar-refractivity contribution is 5.44. The molecule has 0 bridgehead atoms. The monoisotopic (exact) mass is 279 g/mol. The summed E-state index contributed by atoms with van der Waals surface area (Å²) in [6.45, 7) is 9.95. The van der Waals surface area contributed by atoms with Gasteiger partial charge in [-0.3, -0.25) is 0 Å². The van der Waals surface area contributed by atoms with Gasteiger partial charge in [0.25, 0.3) is 0 Å². The van der Waals surface area contributed by atoms with Crippen molar-refractivity contribution in [1.82, 2.24) is 0 Å². The Bertz CT molecular complexity index is 393. The molecule has 0 aliphatic carbocycles. The van der Waals surface area contributed by atoms with Gasteiger partial charge in [0.15, 0.2) is 11.5 Å². The Hall–Kier alpha value is -1.22. The van der Waals surface area contributed by atoms with E-state index in [-0.39, 0.29) is 6.04 Å². The summed E-state index contributed by atoms with van der Waals surface area (Å²) in [6, 6.07) is 6.13. The van der Waals surface area contributed by atoms with Crippen molar-refractivity contribution < 1.29 is 9.47 Å². The van der Waals surface area contributed by atoms with Gasteiger partial charge in [-0.1, -0.05) is 40.2 Å². The van der Waals surface area contributed by atoms with Crippen molar-refractivity contribution in [2.24, 2.45) is 11.7 Å². The first-order valence-electron chi connectivity index (χ1n) is 7.79. The summed E-state index contributed by atoms with van der Waals surface area (Å²) in [5.74, 6) is 2.09. The van der Waals surface area contributed by atoms with Gasteiger partial charge in [0.05, 0.1) is 13.2 Å². The van der Waals surface area contributed by atoms with E-state index in [1.807, 2.05) is 12.1 Å². The van der Waals surface area contributed by atoms with Crippen LogP contribution in [-0.4, -0.2) is 13.2 Å². The quantitative estimate of drug-likeness (QED) is 0.732. The molecule has 0 saturated carbocycles.